The molecule has 0 aromatic heterocycles. The highest BCUT2D eigenvalue weighted by atomic mass is 28.4. The van der Waals surface area contributed by atoms with Crippen LogP contribution >= 0.6 is 0 Å². The molecule has 5 heteroatoms. The van der Waals surface area contributed by atoms with Crippen LogP contribution in [0.4, 0.5) is 0 Å². The molecule has 0 rings (SSSR count). The maximum Gasteiger partial charge on any atom is 0.501 e. The highest BCUT2D eigenvalue weighted by Crippen LogP contribution is 2.22. The van der Waals surface area contributed by atoms with Gasteiger partial charge in [-0.05, 0) is 46.1 Å². The van der Waals surface area contributed by atoms with Gasteiger partial charge in [0.15, 0.2) is 5.78 Å². The predicted octanol–water partition coefficient (Wildman–Crippen LogP) is 4.13. The Bertz CT molecular complexity index is 300. The van der Waals surface area contributed by atoms with Gasteiger partial charge in [-0.1, -0.05) is 19.9 Å². The Hall–Kier alpha value is -0.493. The molecule has 0 aliphatic heterocycles. The second-order valence-electron chi connectivity index (χ2n) is 5.32. The van der Waals surface area contributed by atoms with Gasteiger partial charge >= 0.3 is 8.80 Å². The zero-order valence-corrected chi connectivity index (χ0v) is 15.4. The Morgan fingerprint density at radius 2 is 1.76 bits per heavy atom. The van der Waals surface area contributed by atoms with Crippen molar-refractivity contribution in [3.8, 4) is 0 Å². The molecular formula is C16H32O4Si. The Morgan fingerprint density at radius 3 is 2.19 bits per heavy atom. The lowest BCUT2D eigenvalue weighted by molar-refractivity contribution is -0.115. The van der Waals surface area contributed by atoms with Gasteiger partial charge in [-0.2, -0.15) is 0 Å². The van der Waals surface area contributed by atoms with Crippen LogP contribution in [-0.2, 0) is 18.1 Å². The molecule has 0 aromatic carbocycles. The van der Waals surface area contributed by atoms with Gasteiger partial charge in [-0.3, -0.25) is 4.79 Å². The minimum Gasteiger partial charge on any atom is -0.374 e. The zero-order chi connectivity index (χ0) is 16.3. The predicted molar refractivity (Wildman–Crippen MR) is 88.3 cm³/mol. The van der Waals surface area contributed by atoms with Gasteiger partial charge in [0.2, 0.25) is 0 Å². The number of carbonyl (C=O) groups excluding carboxylic acids is 1. The lowest BCUT2D eigenvalue weighted by Gasteiger charge is -2.31. The van der Waals surface area contributed by atoms with Crippen LogP contribution in [0.5, 0.6) is 0 Å². The molecule has 0 fully saturated rings. The van der Waals surface area contributed by atoms with E-state index in [4.69, 9.17) is 13.3 Å². The van der Waals surface area contributed by atoms with Crippen molar-refractivity contribution < 1.29 is 18.1 Å². The average molecular weight is 317 g/mol. The first kappa shape index (κ1) is 20.5. The van der Waals surface area contributed by atoms with Crippen LogP contribution in [0, 0.1) is 0 Å². The third kappa shape index (κ3) is 8.51. The third-order valence-electron chi connectivity index (χ3n) is 3.16. The Balaban J connectivity index is 4.40. The molecule has 0 aliphatic carbocycles. The second-order valence-corrected chi connectivity index (χ2v) is 8.00. The van der Waals surface area contributed by atoms with Crippen LogP contribution in [-0.4, -0.2) is 33.9 Å². The summed E-state index contributed by atoms with van der Waals surface area (Å²) in [7, 11) is -2.56. The highest BCUT2D eigenvalue weighted by molar-refractivity contribution is 6.60. The van der Waals surface area contributed by atoms with Gasteiger partial charge in [0.1, 0.15) is 0 Å². The summed E-state index contributed by atoms with van der Waals surface area (Å²) in [5, 5.41) is 0. The van der Waals surface area contributed by atoms with Gasteiger partial charge in [0.05, 0.1) is 0 Å². The molecule has 1 unspecified atom stereocenters. The number of hydrogen-bond acceptors (Lipinski definition) is 4. The summed E-state index contributed by atoms with van der Waals surface area (Å²) < 4.78 is 17.9. The molecule has 0 N–H and O–H groups in total. The summed E-state index contributed by atoms with van der Waals surface area (Å²) in [6.07, 6.45) is 3.19. The fourth-order valence-corrected chi connectivity index (χ4v) is 5.04. The molecular weight excluding hydrogens is 284 g/mol. The summed E-state index contributed by atoms with van der Waals surface area (Å²) in [5.41, 5.74) is 0.627. The maximum atomic E-state index is 11.5. The second kappa shape index (κ2) is 11.1. The number of ketones is 1. The fraction of sp³-hybridized carbons (Fsp3) is 0.812. The molecule has 0 aliphatic rings. The van der Waals surface area contributed by atoms with Crippen LogP contribution < -0.4 is 0 Å². The molecule has 0 saturated heterocycles. The summed E-state index contributed by atoms with van der Waals surface area (Å²) in [6, 6.07) is 0.837. The van der Waals surface area contributed by atoms with Crippen molar-refractivity contribution >= 4 is 14.6 Å². The van der Waals surface area contributed by atoms with Crippen molar-refractivity contribution in [1.29, 1.82) is 0 Å². The topological polar surface area (TPSA) is 44.8 Å². The standard InChI is InChI=1S/C16H32O4Si/c1-7-13-21(18-8-2,19-9-3)20-15(6)11-10-12-16(17)14(4)5/h15H,4,7-13H2,1-3,5-6H3. The van der Waals surface area contributed by atoms with Gasteiger partial charge in [-0.25, -0.2) is 0 Å². The van der Waals surface area contributed by atoms with E-state index in [1.807, 2.05) is 20.8 Å². The van der Waals surface area contributed by atoms with E-state index in [2.05, 4.69) is 13.5 Å². The van der Waals surface area contributed by atoms with Gasteiger partial charge < -0.3 is 13.3 Å². The molecule has 4 nitrogen and oxygen atoms in total. The number of allylic oxidation sites excluding steroid dienone is 1. The normalized spacial score (nSPS) is 13.2. The van der Waals surface area contributed by atoms with E-state index in [9.17, 15) is 4.79 Å². The molecule has 0 spiro atoms. The first-order valence-corrected chi connectivity index (χ1v) is 9.98. The molecule has 0 saturated carbocycles. The molecule has 124 valence electrons. The number of Topliss-reactive ketones (excluding diaryl/α,β-unsaturated/α-hetero) is 1. The van der Waals surface area contributed by atoms with Crippen molar-refractivity contribution in [2.75, 3.05) is 13.2 Å². The maximum absolute atomic E-state index is 11.5. The zero-order valence-electron chi connectivity index (χ0n) is 14.4. The minimum absolute atomic E-state index is 0.0410. The van der Waals surface area contributed by atoms with Crippen molar-refractivity contribution in [1.82, 2.24) is 0 Å². The van der Waals surface area contributed by atoms with Gasteiger partial charge in [0.25, 0.3) is 0 Å². The number of rotatable bonds is 13. The summed E-state index contributed by atoms with van der Waals surface area (Å²) in [4.78, 5) is 11.5. The van der Waals surface area contributed by atoms with Crippen molar-refractivity contribution in [2.45, 2.75) is 72.5 Å². The van der Waals surface area contributed by atoms with Crippen LogP contribution in [0.25, 0.3) is 0 Å². The minimum atomic E-state index is -2.56. The van der Waals surface area contributed by atoms with E-state index in [0.29, 0.717) is 25.2 Å². The van der Waals surface area contributed by atoms with Gasteiger partial charge in [0, 0.05) is 31.8 Å². The summed E-state index contributed by atoms with van der Waals surface area (Å²) in [6.45, 7) is 14.7. The summed E-state index contributed by atoms with van der Waals surface area (Å²) in [5.74, 6) is 0.133. The lowest BCUT2D eigenvalue weighted by atomic mass is 10.1. The average Bonchev–Trinajstić information content (AvgIpc) is 2.39. The first-order chi connectivity index (χ1) is 9.90. The van der Waals surface area contributed by atoms with E-state index in [-0.39, 0.29) is 11.9 Å². The molecule has 0 aromatic rings. The van der Waals surface area contributed by atoms with Crippen LogP contribution in [0.15, 0.2) is 12.2 Å². The van der Waals surface area contributed by atoms with Crippen molar-refractivity contribution in [2.24, 2.45) is 0 Å². The highest BCUT2D eigenvalue weighted by Gasteiger charge is 2.41. The van der Waals surface area contributed by atoms with E-state index < -0.39 is 8.80 Å². The van der Waals surface area contributed by atoms with Crippen molar-refractivity contribution in [3.63, 3.8) is 0 Å². The molecule has 0 amide bonds. The lowest BCUT2D eigenvalue weighted by Crippen LogP contribution is -2.48. The van der Waals surface area contributed by atoms with Gasteiger partial charge in [-0.15, -0.1) is 0 Å². The third-order valence-corrected chi connectivity index (χ3v) is 6.49. The number of carbonyl (C=O) groups is 1. The van der Waals surface area contributed by atoms with E-state index in [1.54, 1.807) is 6.92 Å². The fourth-order valence-electron chi connectivity index (χ4n) is 2.19. The summed E-state index contributed by atoms with van der Waals surface area (Å²) >= 11 is 0. The van der Waals surface area contributed by atoms with E-state index in [0.717, 1.165) is 25.3 Å². The first-order valence-electron chi connectivity index (χ1n) is 8.05. The van der Waals surface area contributed by atoms with Crippen molar-refractivity contribution in [3.05, 3.63) is 12.2 Å². The monoisotopic (exact) mass is 316 g/mol. The van der Waals surface area contributed by atoms with Crippen LogP contribution in [0.2, 0.25) is 6.04 Å². The molecule has 0 heterocycles. The molecule has 0 radical (unpaired) electrons. The SMILES string of the molecule is C=C(C)C(=O)CCCC(C)O[Si](CCC)(OCC)OCC. The largest absolute Gasteiger partial charge is 0.501 e. The van der Waals surface area contributed by atoms with E-state index in [1.165, 1.54) is 0 Å². The number of hydrogen-bond donors (Lipinski definition) is 0. The van der Waals surface area contributed by atoms with Crippen LogP contribution in [0.3, 0.4) is 0 Å². The Labute approximate surface area is 131 Å². The van der Waals surface area contributed by atoms with Crippen LogP contribution in [0.1, 0.15) is 60.3 Å². The Morgan fingerprint density at radius 1 is 1.19 bits per heavy atom. The molecule has 1 atom stereocenters. The quantitative estimate of drug-likeness (QED) is 0.378. The smallest absolute Gasteiger partial charge is 0.374 e. The molecule has 21 heavy (non-hydrogen) atoms. The Kier molecular flexibility index (Phi) is 10.9. The van der Waals surface area contributed by atoms with E-state index >= 15 is 0 Å². The molecule has 0 bridgehead atoms.